The zero-order valence-electron chi connectivity index (χ0n) is 14.4. The highest BCUT2D eigenvalue weighted by atomic mass is 32.2. The molecule has 128 valence electrons. The molecular weight excluding hydrogens is 350 g/mol. The van der Waals surface area contributed by atoms with Gasteiger partial charge in [0.05, 0.1) is 16.7 Å². The van der Waals surface area contributed by atoms with E-state index in [-0.39, 0.29) is 12.0 Å². The minimum atomic E-state index is -0.0805. The maximum atomic E-state index is 12.8. The molecule has 1 heterocycles. The van der Waals surface area contributed by atoms with Crippen LogP contribution in [0.25, 0.3) is 6.08 Å². The van der Waals surface area contributed by atoms with Crippen molar-refractivity contribution in [2.75, 3.05) is 4.90 Å². The summed E-state index contributed by atoms with van der Waals surface area (Å²) in [6.07, 6.45) is 2.00. The van der Waals surface area contributed by atoms with Crippen LogP contribution in [-0.2, 0) is 4.79 Å². The summed E-state index contributed by atoms with van der Waals surface area (Å²) in [5.74, 6) is 0.738. The fourth-order valence-electron chi connectivity index (χ4n) is 2.52. The third kappa shape index (κ3) is 4.11. The zero-order chi connectivity index (χ0) is 18.0. The molecule has 0 bridgehead atoms. The second-order valence-corrected chi connectivity index (χ2v) is 7.77. The molecule has 3 rings (SSSR count). The molecular formula is C20H19NO2S2. The third-order valence-corrected chi connectivity index (χ3v) is 4.91. The summed E-state index contributed by atoms with van der Waals surface area (Å²) >= 11 is 6.74. The first-order valence-electron chi connectivity index (χ1n) is 8.05. The standard InChI is InChI=1S/C20H19NO2S2/c1-13(2)23-17-9-7-15(8-10-17)12-18-19(22)21(20(24)25-18)16-6-4-5-14(3)11-16/h4-13H,1-3H3/b18-12+. The van der Waals surface area contributed by atoms with Crippen LogP contribution in [0.2, 0.25) is 0 Å². The quantitative estimate of drug-likeness (QED) is 0.548. The monoisotopic (exact) mass is 369 g/mol. The van der Waals surface area contributed by atoms with Gasteiger partial charge in [0, 0.05) is 0 Å². The molecule has 0 atom stereocenters. The summed E-state index contributed by atoms with van der Waals surface area (Å²) in [6, 6.07) is 15.5. The molecule has 0 unspecified atom stereocenters. The number of ether oxygens (including phenoxy) is 1. The molecule has 1 aliphatic heterocycles. The van der Waals surface area contributed by atoms with E-state index in [9.17, 15) is 4.79 Å². The van der Waals surface area contributed by atoms with E-state index in [0.717, 1.165) is 22.6 Å². The Bertz CT molecular complexity index is 841. The van der Waals surface area contributed by atoms with Gasteiger partial charge in [-0.3, -0.25) is 9.69 Å². The second-order valence-electron chi connectivity index (χ2n) is 6.09. The van der Waals surface area contributed by atoms with Crippen LogP contribution in [0.15, 0.2) is 53.4 Å². The van der Waals surface area contributed by atoms with E-state index in [2.05, 4.69) is 0 Å². The number of nitrogens with zero attached hydrogens (tertiary/aromatic N) is 1. The highest BCUT2D eigenvalue weighted by Gasteiger charge is 2.33. The molecule has 2 aromatic rings. The van der Waals surface area contributed by atoms with Crippen LogP contribution in [0, 0.1) is 6.92 Å². The zero-order valence-corrected chi connectivity index (χ0v) is 16.0. The Morgan fingerprint density at radius 1 is 1.16 bits per heavy atom. The number of hydrogen-bond donors (Lipinski definition) is 0. The Morgan fingerprint density at radius 3 is 2.52 bits per heavy atom. The number of rotatable bonds is 4. The van der Waals surface area contributed by atoms with Gasteiger partial charge in [-0.25, -0.2) is 0 Å². The van der Waals surface area contributed by atoms with E-state index < -0.39 is 0 Å². The molecule has 0 aliphatic carbocycles. The largest absolute Gasteiger partial charge is 0.491 e. The van der Waals surface area contributed by atoms with E-state index in [0.29, 0.717) is 9.23 Å². The topological polar surface area (TPSA) is 29.5 Å². The SMILES string of the molecule is Cc1cccc(N2C(=O)/C(=C\c3ccc(OC(C)C)cc3)SC2=S)c1. The van der Waals surface area contributed by atoms with Gasteiger partial charge in [0.2, 0.25) is 0 Å². The van der Waals surface area contributed by atoms with Gasteiger partial charge < -0.3 is 4.74 Å². The van der Waals surface area contributed by atoms with Gasteiger partial charge in [-0.05, 0) is 62.2 Å². The summed E-state index contributed by atoms with van der Waals surface area (Å²) in [7, 11) is 0. The average Bonchev–Trinajstić information content (AvgIpc) is 2.83. The maximum Gasteiger partial charge on any atom is 0.270 e. The van der Waals surface area contributed by atoms with E-state index in [1.54, 1.807) is 4.90 Å². The van der Waals surface area contributed by atoms with Gasteiger partial charge in [0.15, 0.2) is 4.32 Å². The van der Waals surface area contributed by atoms with Crippen LogP contribution in [0.4, 0.5) is 5.69 Å². The molecule has 0 spiro atoms. The Balaban J connectivity index is 1.83. The van der Waals surface area contributed by atoms with Crippen LogP contribution in [0.1, 0.15) is 25.0 Å². The van der Waals surface area contributed by atoms with Gasteiger partial charge >= 0.3 is 0 Å². The predicted molar refractivity (Wildman–Crippen MR) is 109 cm³/mol. The normalized spacial score (nSPS) is 16.2. The molecule has 25 heavy (non-hydrogen) atoms. The van der Waals surface area contributed by atoms with Crippen molar-refractivity contribution in [1.82, 2.24) is 0 Å². The molecule has 0 N–H and O–H groups in total. The van der Waals surface area contributed by atoms with E-state index in [1.807, 2.05) is 75.4 Å². The van der Waals surface area contributed by atoms with E-state index >= 15 is 0 Å². The number of anilines is 1. The molecule has 1 fully saturated rings. The van der Waals surface area contributed by atoms with Gasteiger partial charge in [-0.15, -0.1) is 0 Å². The average molecular weight is 370 g/mol. The van der Waals surface area contributed by atoms with E-state index in [4.69, 9.17) is 17.0 Å². The van der Waals surface area contributed by atoms with E-state index in [1.165, 1.54) is 11.8 Å². The maximum absolute atomic E-state index is 12.8. The lowest BCUT2D eigenvalue weighted by Gasteiger charge is -2.14. The predicted octanol–water partition coefficient (Wildman–Crippen LogP) is 5.19. The number of thiocarbonyl (C=S) groups is 1. The Morgan fingerprint density at radius 2 is 1.88 bits per heavy atom. The molecule has 1 aliphatic rings. The fraction of sp³-hybridized carbons (Fsp3) is 0.200. The molecule has 1 saturated heterocycles. The Kier molecular flexibility index (Phi) is 5.25. The van der Waals surface area contributed by atoms with Crippen LogP contribution in [-0.4, -0.2) is 16.3 Å². The van der Waals surface area contributed by atoms with Gasteiger partial charge in [0.1, 0.15) is 5.75 Å². The summed E-state index contributed by atoms with van der Waals surface area (Å²) in [6.45, 7) is 5.98. The Labute approximate surface area is 157 Å². The van der Waals surface area contributed by atoms with Crippen molar-refractivity contribution >= 4 is 46.0 Å². The number of carbonyl (C=O) groups is 1. The Hall–Kier alpha value is -2.11. The van der Waals surface area contributed by atoms with Crippen LogP contribution in [0.3, 0.4) is 0 Å². The van der Waals surface area contributed by atoms with Crippen molar-refractivity contribution in [1.29, 1.82) is 0 Å². The number of amides is 1. The van der Waals surface area contributed by atoms with Crippen molar-refractivity contribution in [3.8, 4) is 5.75 Å². The second kappa shape index (κ2) is 7.42. The summed E-state index contributed by atoms with van der Waals surface area (Å²) in [5.41, 5.74) is 2.85. The van der Waals surface area contributed by atoms with Crippen LogP contribution >= 0.6 is 24.0 Å². The summed E-state index contributed by atoms with van der Waals surface area (Å²) in [4.78, 5) is 15.0. The number of hydrogen-bond acceptors (Lipinski definition) is 4. The van der Waals surface area contributed by atoms with Crippen molar-refractivity contribution in [3.63, 3.8) is 0 Å². The first-order valence-corrected chi connectivity index (χ1v) is 9.28. The molecule has 3 nitrogen and oxygen atoms in total. The molecule has 2 aromatic carbocycles. The number of thioether (sulfide) groups is 1. The van der Waals surface area contributed by atoms with Crippen LogP contribution in [0.5, 0.6) is 5.75 Å². The minimum absolute atomic E-state index is 0.0805. The lowest BCUT2D eigenvalue weighted by atomic mass is 10.2. The third-order valence-electron chi connectivity index (χ3n) is 3.60. The summed E-state index contributed by atoms with van der Waals surface area (Å²) < 4.78 is 6.20. The summed E-state index contributed by atoms with van der Waals surface area (Å²) in [5, 5.41) is 0. The van der Waals surface area contributed by atoms with Crippen molar-refractivity contribution < 1.29 is 9.53 Å². The highest BCUT2D eigenvalue weighted by Crippen LogP contribution is 2.36. The number of carbonyl (C=O) groups excluding carboxylic acids is 1. The van der Waals surface area contributed by atoms with Crippen molar-refractivity contribution in [2.24, 2.45) is 0 Å². The first kappa shape index (κ1) is 17.7. The highest BCUT2D eigenvalue weighted by molar-refractivity contribution is 8.27. The van der Waals surface area contributed by atoms with Gasteiger partial charge in [0.25, 0.3) is 5.91 Å². The fourth-order valence-corrected chi connectivity index (χ4v) is 3.82. The number of benzene rings is 2. The molecule has 1 amide bonds. The van der Waals surface area contributed by atoms with Gasteiger partial charge in [-0.2, -0.15) is 0 Å². The lowest BCUT2D eigenvalue weighted by molar-refractivity contribution is -0.113. The van der Waals surface area contributed by atoms with Crippen molar-refractivity contribution in [3.05, 3.63) is 64.6 Å². The number of aryl methyl sites for hydroxylation is 1. The molecule has 0 saturated carbocycles. The molecule has 0 aromatic heterocycles. The van der Waals surface area contributed by atoms with Crippen molar-refractivity contribution in [2.45, 2.75) is 26.9 Å². The molecule has 0 radical (unpaired) electrons. The molecule has 5 heteroatoms. The first-order chi connectivity index (χ1) is 11.9. The van der Waals surface area contributed by atoms with Gasteiger partial charge in [-0.1, -0.05) is 48.2 Å². The minimum Gasteiger partial charge on any atom is -0.491 e. The van der Waals surface area contributed by atoms with Crippen LogP contribution < -0.4 is 9.64 Å². The lowest BCUT2D eigenvalue weighted by Crippen LogP contribution is -2.27. The smallest absolute Gasteiger partial charge is 0.270 e.